The molecule has 0 saturated carbocycles. The molecule has 172 valence electrons. The minimum atomic E-state index is -3.26. The van der Waals surface area contributed by atoms with Gasteiger partial charge in [0.25, 0.3) is 0 Å². The lowest BCUT2D eigenvalue weighted by atomic mass is 10.2. The van der Waals surface area contributed by atoms with Crippen molar-refractivity contribution in [1.82, 2.24) is 9.55 Å². The number of hydrogen-bond donors (Lipinski definition) is 0. The van der Waals surface area contributed by atoms with Crippen LogP contribution in [0, 0.1) is 0 Å². The second kappa shape index (κ2) is 8.08. The Morgan fingerprint density at radius 2 is 1.22 bits per heavy atom. The molecule has 5 heteroatoms. The summed E-state index contributed by atoms with van der Waals surface area (Å²) in [5.41, 5.74) is 3.55. The zero-order valence-corrected chi connectivity index (χ0v) is 20.2. The number of hydrogen-bond acceptors (Lipinski definition) is 3. The third-order valence-electron chi connectivity index (χ3n) is 6.68. The minimum absolute atomic E-state index is 0.594. The van der Waals surface area contributed by atoms with Crippen LogP contribution >= 0.6 is 7.14 Å². The van der Waals surface area contributed by atoms with Gasteiger partial charge >= 0.3 is 0 Å². The van der Waals surface area contributed by atoms with Gasteiger partial charge in [0.1, 0.15) is 11.3 Å². The predicted octanol–water partition coefficient (Wildman–Crippen LogP) is 6.44. The number of fused-ring (bicyclic) bond motifs is 2. The van der Waals surface area contributed by atoms with Crippen molar-refractivity contribution >= 4 is 34.1 Å². The Balaban J connectivity index is 1.60. The van der Waals surface area contributed by atoms with Gasteiger partial charge in [-0.3, -0.25) is 4.57 Å². The van der Waals surface area contributed by atoms with Gasteiger partial charge in [0, 0.05) is 16.2 Å². The normalized spacial score (nSPS) is 12.2. The van der Waals surface area contributed by atoms with Crippen LogP contribution in [0.25, 0.3) is 28.1 Å². The highest BCUT2D eigenvalue weighted by Crippen LogP contribution is 2.50. The summed E-state index contributed by atoms with van der Waals surface area (Å²) in [6.07, 6.45) is 0. The van der Waals surface area contributed by atoms with E-state index in [0.29, 0.717) is 16.8 Å². The van der Waals surface area contributed by atoms with E-state index in [4.69, 9.17) is 9.72 Å². The number of aromatic nitrogens is 2. The lowest BCUT2D eigenvalue weighted by Crippen LogP contribution is -2.27. The van der Waals surface area contributed by atoms with Crippen LogP contribution in [-0.4, -0.2) is 9.55 Å². The van der Waals surface area contributed by atoms with Gasteiger partial charge in [0.2, 0.25) is 0 Å². The SMILES string of the molecule is O=P(c1ccccc1)(c1ccccc1)c1ccc2nc(-c3ccccc3)n3c2c1Oc1ccccc1-3. The minimum Gasteiger partial charge on any atom is -0.452 e. The van der Waals surface area contributed by atoms with Gasteiger partial charge in [-0.25, -0.2) is 4.98 Å². The van der Waals surface area contributed by atoms with Crippen molar-refractivity contribution in [3.05, 3.63) is 127 Å². The van der Waals surface area contributed by atoms with Gasteiger partial charge in [-0.15, -0.1) is 0 Å². The molecule has 0 N–H and O–H groups in total. The molecule has 7 rings (SSSR count). The van der Waals surface area contributed by atoms with Gasteiger partial charge < -0.3 is 9.30 Å². The van der Waals surface area contributed by atoms with Gasteiger partial charge in [-0.1, -0.05) is 103 Å². The van der Waals surface area contributed by atoms with Crippen molar-refractivity contribution < 1.29 is 9.30 Å². The number of ether oxygens (including phenoxy) is 1. The van der Waals surface area contributed by atoms with Crippen LogP contribution in [0.5, 0.6) is 11.5 Å². The Kier molecular flexibility index (Phi) is 4.70. The van der Waals surface area contributed by atoms with Crippen molar-refractivity contribution in [3.8, 4) is 28.6 Å². The maximum atomic E-state index is 15.3. The molecule has 0 radical (unpaired) electrons. The first-order valence-electron chi connectivity index (χ1n) is 11.8. The first kappa shape index (κ1) is 20.9. The maximum Gasteiger partial charge on any atom is 0.174 e. The summed E-state index contributed by atoms with van der Waals surface area (Å²) in [5, 5.41) is 2.20. The second-order valence-corrected chi connectivity index (χ2v) is 11.5. The molecule has 1 aliphatic rings. The molecule has 0 amide bonds. The Bertz CT molecular complexity index is 1730. The van der Waals surface area contributed by atoms with E-state index in [1.54, 1.807) is 0 Å². The summed E-state index contributed by atoms with van der Waals surface area (Å²) in [6, 6.07) is 41.3. The Morgan fingerprint density at radius 3 is 1.89 bits per heavy atom. The summed E-state index contributed by atoms with van der Waals surface area (Å²) >= 11 is 0. The fourth-order valence-electron chi connectivity index (χ4n) is 5.03. The number of imidazole rings is 1. The van der Waals surface area contributed by atoms with Gasteiger partial charge in [-0.05, 0) is 24.3 Å². The van der Waals surface area contributed by atoms with E-state index in [1.165, 1.54) is 0 Å². The van der Waals surface area contributed by atoms with Crippen LogP contribution in [0.4, 0.5) is 0 Å². The molecule has 1 aliphatic heterocycles. The molecule has 0 atom stereocenters. The highest BCUT2D eigenvalue weighted by Gasteiger charge is 2.37. The zero-order valence-electron chi connectivity index (χ0n) is 19.3. The van der Waals surface area contributed by atoms with Crippen molar-refractivity contribution in [2.75, 3.05) is 0 Å². The average Bonchev–Trinajstić information content (AvgIpc) is 3.35. The molecular formula is C31H21N2O2P. The van der Waals surface area contributed by atoms with Crippen LogP contribution in [0.1, 0.15) is 0 Å². The fourth-order valence-corrected chi connectivity index (χ4v) is 7.79. The quantitative estimate of drug-likeness (QED) is 0.270. The van der Waals surface area contributed by atoms with Gasteiger partial charge in [0.05, 0.1) is 16.5 Å². The van der Waals surface area contributed by atoms with E-state index < -0.39 is 7.14 Å². The predicted molar refractivity (Wildman–Crippen MR) is 146 cm³/mol. The molecule has 0 bridgehead atoms. The lowest BCUT2D eigenvalue weighted by Gasteiger charge is -2.26. The number of para-hydroxylation sites is 2. The van der Waals surface area contributed by atoms with Crippen molar-refractivity contribution in [2.45, 2.75) is 0 Å². The van der Waals surface area contributed by atoms with Crippen molar-refractivity contribution in [3.63, 3.8) is 0 Å². The van der Waals surface area contributed by atoms with E-state index >= 15 is 4.57 Å². The van der Waals surface area contributed by atoms with Crippen LogP contribution in [-0.2, 0) is 4.57 Å². The molecule has 36 heavy (non-hydrogen) atoms. The average molecular weight is 484 g/mol. The third kappa shape index (κ3) is 3.02. The molecule has 0 fully saturated rings. The highest BCUT2D eigenvalue weighted by molar-refractivity contribution is 7.85. The summed E-state index contributed by atoms with van der Waals surface area (Å²) in [4.78, 5) is 5.02. The zero-order chi connectivity index (χ0) is 24.1. The molecule has 6 aromatic rings. The van der Waals surface area contributed by atoms with E-state index in [0.717, 1.165) is 38.7 Å². The van der Waals surface area contributed by atoms with E-state index in [2.05, 4.69) is 16.7 Å². The first-order valence-corrected chi connectivity index (χ1v) is 13.6. The second-order valence-electron chi connectivity index (χ2n) is 8.77. The molecule has 0 unspecified atom stereocenters. The Hall–Kier alpha value is -4.40. The van der Waals surface area contributed by atoms with E-state index in [-0.39, 0.29) is 0 Å². The molecule has 0 spiro atoms. The lowest BCUT2D eigenvalue weighted by molar-refractivity contribution is 0.479. The van der Waals surface area contributed by atoms with Crippen LogP contribution in [0.15, 0.2) is 127 Å². The van der Waals surface area contributed by atoms with Gasteiger partial charge in [-0.2, -0.15) is 0 Å². The van der Waals surface area contributed by atoms with Gasteiger partial charge in [0.15, 0.2) is 18.6 Å². The summed E-state index contributed by atoms with van der Waals surface area (Å²) in [5.74, 6) is 2.13. The van der Waals surface area contributed by atoms with Crippen molar-refractivity contribution in [2.24, 2.45) is 0 Å². The van der Waals surface area contributed by atoms with Crippen molar-refractivity contribution in [1.29, 1.82) is 0 Å². The molecule has 1 aromatic heterocycles. The molecule has 5 aromatic carbocycles. The molecule has 2 heterocycles. The Labute approximate surface area is 208 Å². The van der Waals surface area contributed by atoms with E-state index in [9.17, 15) is 0 Å². The molecule has 4 nitrogen and oxygen atoms in total. The van der Waals surface area contributed by atoms with Crippen LogP contribution in [0.2, 0.25) is 0 Å². The smallest absolute Gasteiger partial charge is 0.174 e. The third-order valence-corrected chi connectivity index (χ3v) is 9.76. The number of nitrogens with zero attached hydrogens (tertiary/aromatic N) is 2. The van der Waals surface area contributed by atoms with Crippen LogP contribution in [0.3, 0.4) is 0 Å². The largest absolute Gasteiger partial charge is 0.452 e. The standard InChI is InChI=1S/C31H21N2O2P/c34-36(23-14-6-2-7-15-23,24-16-8-3-9-17-24)28-21-20-25-29-30(28)35-27-19-11-10-18-26(27)33(29)31(32-25)22-12-4-1-5-13-22/h1-21H. The molecule has 0 saturated heterocycles. The number of rotatable bonds is 4. The summed E-state index contributed by atoms with van der Waals surface area (Å²) < 4.78 is 24.0. The highest BCUT2D eigenvalue weighted by atomic mass is 31.2. The van der Waals surface area contributed by atoms with Crippen LogP contribution < -0.4 is 20.7 Å². The monoisotopic (exact) mass is 484 g/mol. The first-order chi connectivity index (χ1) is 17.7. The molecule has 0 aliphatic carbocycles. The topological polar surface area (TPSA) is 44.1 Å². The Morgan fingerprint density at radius 1 is 0.639 bits per heavy atom. The summed E-state index contributed by atoms with van der Waals surface area (Å²) in [6.45, 7) is 0. The maximum absolute atomic E-state index is 15.3. The fraction of sp³-hybridized carbons (Fsp3) is 0. The summed E-state index contributed by atoms with van der Waals surface area (Å²) in [7, 11) is -3.26. The van der Waals surface area contributed by atoms with E-state index in [1.807, 2.05) is 115 Å². The molecular weight excluding hydrogens is 463 g/mol. The number of benzene rings is 5.